The Hall–Kier alpha value is -2.41. The van der Waals surface area contributed by atoms with Gasteiger partial charge in [0, 0.05) is 26.2 Å². The van der Waals surface area contributed by atoms with E-state index in [-0.39, 0.29) is 18.5 Å². The van der Waals surface area contributed by atoms with Crippen molar-refractivity contribution in [2.45, 2.75) is 38.6 Å². The second-order valence-corrected chi connectivity index (χ2v) is 8.36. The van der Waals surface area contributed by atoms with Gasteiger partial charge >= 0.3 is 12.0 Å². The minimum Gasteiger partial charge on any atom is -0.468 e. The van der Waals surface area contributed by atoms with Crippen LogP contribution in [0.5, 0.6) is 0 Å². The van der Waals surface area contributed by atoms with Gasteiger partial charge in [-0.25, -0.2) is 4.79 Å². The van der Waals surface area contributed by atoms with E-state index in [4.69, 9.17) is 4.74 Å². The highest BCUT2D eigenvalue weighted by Gasteiger charge is 2.58. The number of benzene rings is 1. The molecule has 158 valence electrons. The molecule has 29 heavy (non-hydrogen) atoms. The third-order valence-corrected chi connectivity index (χ3v) is 5.91. The van der Waals surface area contributed by atoms with Crippen molar-refractivity contribution in [2.75, 3.05) is 39.8 Å². The third kappa shape index (κ3) is 4.45. The molecule has 0 N–H and O–H groups in total. The molecule has 0 saturated carbocycles. The molecule has 1 aromatic rings. The molecule has 1 spiro atoms. The fraction of sp³-hybridized carbons (Fsp3) is 0.591. The van der Waals surface area contributed by atoms with Crippen LogP contribution in [0.2, 0.25) is 0 Å². The molecule has 0 radical (unpaired) electrons. The maximum absolute atomic E-state index is 13.3. The number of ether oxygens (including phenoxy) is 1. The molecule has 0 unspecified atom stereocenters. The van der Waals surface area contributed by atoms with Gasteiger partial charge in [0.25, 0.3) is 5.91 Å². The number of imide groups is 1. The highest BCUT2D eigenvalue weighted by atomic mass is 16.5. The van der Waals surface area contributed by atoms with Crippen LogP contribution >= 0.6 is 0 Å². The summed E-state index contributed by atoms with van der Waals surface area (Å²) in [6.45, 7) is 7.01. The summed E-state index contributed by atoms with van der Waals surface area (Å²) in [7, 11) is 1.26. The largest absolute Gasteiger partial charge is 0.468 e. The van der Waals surface area contributed by atoms with Gasteiger partial charge in [-0.3, -0.25) is 14.5 Å². The van der Waals surface area contributed by atoms with E-state index < -0.39 is 11.5 Å². The molecule has 2 aliphatic heterocycles. The minimum absolute atomic E-state index is 0.259. The molecule has 7 nitrogen and oxygen atoms in total. The van der Waals surface area contributed by atoms with Crippen LogP contribution in [0, 0.1) is 5.92 Å². The number of urea groups is 1. The van der Waals surface area contributed by atoms with E-state index in [1.807, 2.05) is 30.3 Å². The first-order valence-corrected chi connectivity index (χ1v) is 10.3. The average molecular weight is 402 g/mol. The average Bonchev–Trinajstić information content (AvgIpc) is 2.90. The maximum atomic E-state index is 13.3. The Morgan fingerprint density at radius 1 is 1.14 bits per heavy atom. The first-order valence-electron chi connectivity index (χ1n) is 10.3. The normalized spacial score (nSPS) is 19.4. The molecule has 0 aliphatic carbocycles. The van der Waals surface area contributed by atoms with E-state index in [1.54, 1.807) is 4.90 Å². The summed E-state index contributed by atoms with van der Waals surface area (Å²) < 4.78 is 4.70. The zero-order chi connectivity index (χ0) is 21.0. The molecule has 2 aliphatic rings. The number of hydrogen-bond donors (Lipinski definition) is 0. The van der Waals surface area contributed by atoms with Crippen molar-refractivity contribution in [2.24, 2.45) is 5.92 Å². The van der Waals surface area contributed by atoms with Gasteiger partial charge < -0.3 is 14.5 Å². The van der Waals surface area contributed by atoms with Crippen molar-refractivity contribution in [1.29, 1.82) is 0 Å². The number of esters is 1. The van der Waals surface area contributed by atoms with Crippen LogP contribution in [-0.4, -0.2) is 78.0 Å². The Morgan fingerprint density at radius 3 is 2.38 bits per heavy atom. The van der Waals surface area contributed by atoms with Crippen molar-refractivity contribution in [1.82, 2.24) is 14.7 Å². The summed E-state index contributed by atoms with van der Waals surface area (Å²) in [4.78, 5) is 43.4. The zero-order valence-electron chi connectivity index (χ0n) is 17.6. The molecule has 2 saturated heterocycles. The molecule has 0 atom stereocenters. The first-order chi connectivity index (χ1) is 13.9. The van der Waals surface area contributed by atoms with E-state index in [1.165, 1.54) is 7.11 Å². The Bertz CT molecular complexity index is 742. The van der Waals surface area contributed by atoms with Crippen molar-refractivity contribution in [3.05, 3.63) is 35.9 Å². The molecule has 3 rings (SSSR count). The Kier molecular flexibility index (Phi) is 6.57. The zero-order valence-corrected chi connectivity index (χ0v) is 17.6. The monoisotopic (exact) mass is 401 g/mol. The van der Waals surface area contributed by atoms with E-state index in [9.17, 15) is 14.4 Å². The SMILES string of the molecule is COC(=O)CN1C(=O)N(CCc2ccccc2)C2(CCN(CC(C)C)CC2)C1=O. The summed E-state index contributed by atoms with van der Waals surface area (Å²) in [5.41, 5.74) is 0.263. The van der Waals surface area contributed by atoms with Crippen LogP contribution in [0.4, 0.5) is 4.79 Å². The molecule has 0 aromatic heterocycles. The van der Waals surface area contributed by atoms with Crippen LogP contribution in [0.25, 0.3) is 0 Å². The number of amides is 3. The molecule has 3 amide bonds. The highest BCUT2D eigenvalue weighted by Crippen LogP contribution is 2.37. The number of hydrogen-bond acceptors (Lipinski definition) is 5. The lowest BCUT2D eigenvalue weighted by Crippen LogP contribution is -2.57. The minimum atomic E-state index is -0.854. The fourth-order valence-corrected chi connectivity index (χ4v) is 4.42. The molecular weight excluding hydrogens is 370 g/mol. The van der Waals surface area contributed by atoms with Crippen molar-refractivity contribution >= 4 is 17.9 Å². The molecule has 0 bridgehead atoms. The van der Waals surface area contributed by atoms with Gasteiger partial charge in [-0.1, -0.05) is 44.2 Å². The fourth-order valence-electron chi connectivity index (χ4n) is 4.42. The highest BCUT2D eigenvalue weighted by molar-refractivity contribution is 6.08. The quantitative estimate of drug-likeness (QED) is 0.517. The van der Waals surface area contributed by atoms with E-state index in [2.05, 4.69) is 18.7 Å². The number of rotatable bonds is 7. The van der Waals surface area contributed by atoms with Crippen molar-refractivity contribution in [3.8, 4) is 0 Å². The maximum Gasteiger partial charge on any atom is 0.328 e. The number of carbonyl (C=O) groups excluding carboxylic acids is 3. The standard InChI is InChI=1S/C22H31N3O4/c1-17(2)15-23-13-10-22(11-14-23)20(27)24(16-19(26)29-3)21(28)25(22)12-9-18-7-5-4-6-8-18/h4-8,17H,9-16H2,1-3H3. The summed E-state index contributed by atoms with van der Waals surface area (Å²) in [6.07, 6.45) is 1.86. The lowest BCUT2D eigenvalue weighted by Gasteiger charge is -2.42. The van der Waals surface area contributed by atoms with Crippen LogP contribution < -0.4 is 0 Å². The van der Waals surface area contributed by atoms with Gasteiger partial charge in [0.2, 0.25) is 0 Å². The number of likely N-dealkylation sites (tertiary alicyclic amines) is 1. The molecule has 2 fully saturated rings. The summed E-state index contributed by atoms with van der Waals surface area (Å²) in [5.74, 6) is -0.288. The van der Waals surface area contributed by atoms with Crippen LogP contribution in [-0.2, 0) is 20.7 Å². The van der Waals surface area contributed by atoms with Gasteiger partial charge in [-0.15, -0.1) is 0 Å². The molecular formula is C22H31N3O4. The molecule has 7 heteroatoms. The summed E-state index contributed by atoms with van der Waals surface area (Å²) >= 11 is 0. The summed E-state index contributed by atoms with van der Waals surface area (Å²) in [6, 6.07) is 9.55. The van der Waals surface area contributed by atoms with Gasteiger partial charge in [-0.2, -0.15) is 0 Å². The Balaban J connectivity index is 1.80. The number of nitrogens with zero attached hydrogens (tertiary/aromatic N) is 3. The van der Waals surface area contributed by atoms with E-state index >= 15 is 0 Å². The second-order valence-electron chi connectivity index (χ2n) is 8.36. The predicted octanol–water partition coefficient (Wildman–Crippen LogP) is 2.16. The van der Waals surface area contributed by atoms with Crippen LogP contribution in [0.1, 0.15) is 32.3 Å². The molecule has 1 aromatic carbocycles. The first kappa shape index (κ1) is 21.3. The second kappa shape index (κ2) is 8.95. The van der Waals surface area contributed by atoms with Gasteiger partial charge in [0.1, 0.15) is 12.1 Å². The van der Waals surface area contributed by atoms with Gasteiger partial charge in [0.15, 0.2) is 0 Å². The van der Waals surface area contributed by atoms with Crippen LogP contribution in [0.15, 0.2) is 30.3 Å². The van der Waals surface area contributed by atoms with Gasteiger partial charge in [0.05, 0.1) is 7.11 Å². The molecule has 2 heterocycles. The topological polar surface area (TPSA) is 70.2 Å². The van der Waals surface area contributed by atoms with Gasteiger partial charge in [-0.05, 0) is 30.7 Å². The van der Waals surface area contributed by atoms with E-state index in [0.717, 1.165) is 30.1 Å². The van der Waals surface area contributed by atoms with Crippen molar-refractivity contribution < 1.29 is 19.1 Å². The van der Waals surface area contributed by atoms with Crippen molar-refractivity contribution in [3.63, 3.8) is 0 Å². The Morgan fingerprint density at radius 2 is 1.79 bits per heavy atom. The number of methoxy groups -OCH3 is 1. The lowest BCUT2D eigenvalue weighted by molar-refractivity contribution is -0.146. The number of piperidine rings is 1. The predicted molar refractivity (Wildman–Crippen MR) is 109 cm³/mol. The van der Waals surface area contributed by atoms with E-state index in [0.29, 0.717) is 31.7 Å². The Labute approximate surface area is 172 Å². The van der Waals surface area contributed by atoms with Crippen LogP contribution in [0.3, 0.4) is 0 Å². The summed E-state index contributed by atoms with van der Waals surface area (Å²) in [5, 5.41) is 0. The third-order valence-electron chi connectivity index (χ3n) is 5.91. The number of carbonyl (C=O) groups is 3. The smallest absolute Gasteiger partial charge is 0.328 e. The lowest BCUT2D eigenvalue weighted by atomic mass is 9.85.